The van der Waals surface area contributed by atoms with Crippen LogP contribution in [0.3, 0.4) is 0 Å². The Hall–Kier alpha value is -1.68. The molecule has 0 aliphatic carbocycles. The van der Waals surface area contributed by atoms with Crippen molar-refractivity contribution in [3.8, 4) is 5.88 Å². The van der Waals surface area contributed by atoms with Gasteiger partial charge in [-0.3, -0.25) is 4.79 Å². The van der Waals surface area contributed by atoms with Crippen LogP contribution in [-0.2, 0) is 11.2 Å². The minimum atomic E-state index is -0.998. The molecule has 0 saturated carbocycles. The van der Waals surface area contributed by atoms with Crippen LogP contribution in [-0.4, -0.2) is 11.0 Å². The first kappa shape index (κ1) is 8.61. The van der Waals surface area contributed by atoms with E-state index in [0.717, 1.165) is 0 Å². The molecule has 0 bridgehead atoms. The molecule has 2 rings (SSSR count). The van der Waals surface area contributed by atoms with Gasteiger partial charge in [0.05, 0.1) is 6.40 Å². The Morgan fingerprint density at radius 1 is 1.47 bits per heavy atom. The summed E-state index contributed by atoms with van der Waals surface area (Å²) in [5.41, 5.74) is 0. The summed E-state index contributed by atoms with van der Waals surface area (Å²) in [6, 6.07) is 8.57. The van der Waals surface area contributed by atoms with Gasteiger partial charge in [-0.25, -0.2) is 4.98 Å². The van der Waals surface area contributed by atoms with E-state index in [1.807, 2.05) is 5.38 Å². The van der Waals surface area contributed by atoms with Gasteiger partial charge < -0.3 is 4.74 Å². The van der Waals surface area contributed by atoms with E-state index in [9.17, 15) is 4.79 Å². The smallest absolute Gasteiger partial charge is 0.317 e. The van der Waals surface area contributed by atoms with E-state index in [1.54, 1.807) is 30.3 Å². The molecule has 0 radical (unpaired) electrons. The number of rotatable bonds is 3. The third kappa shape index (κ3) is 2.89. The van der Waals surface area contributed by atoms with Gasteiger partial charge >= 0.3 is 5.97 Å². The third-order valence-corrected chi connectivity index (χ3v) is 2.47. The van der Waals surface area contributed by atoms with Crippen molar-refractivity contribution in [2.45, 2.75) is 6.40 Å². The van der Waals surface area contributed by atoms with Crippen molar-refractivity contribution in [1.82, 2.24) is 4.98 Å². The predicted molar refractivity (Wildman–Crippen MR) is 57.9 cm³/mol. The summed E-state index contributed by atoms with van der Waals surface area (Å²) >= 11 is 1.36. The van der Waals surface area contributed by atoms with E-state index in [2.05, 4.69) is 4.98 Å². The van der Waals surface area contributed by atoms with Crippen molar-refractivity contribution in [2.24, 2.45) is 0 Å². The lowest BCUT2D eigenvalue weighted by Gasteiger charge is -2.00. The lowest BCUT2D eigenvalue weighted by molar-refractivity contribution is -0.133. The van der Waals surface area contributed by atoms with Gasteiger partial charge in [-0.1, -0.05) is 12.1 Å². The van der Waals surface area contributed by atoms with Crippen LogP contribution in [0.4, 0.5) is 0 Å². The molecule has 3 nitrogen and oxygen atoms in total. The van der Waals surface area contributed by atoms with Gasteiger partial charge in [0, 0.05) is 18.5 Å². The molecular formula is C11H9NO2S. The Labute approximate surface area is 92.8 Å². The average Bonchev–Trinajstić information content (AvgIpc) is 2.83. The number of carbonyl (C=O) groups is 1. The van der Waals surface area contributed by atoms with E-state index >= 15 is 0 Å². The highest BCUT2D eigenvalue weighted by atomic mass is 32.1. The first-order valence-electron chi connectivity index (χ1n) is 4.93. The second-order valence-corrected chi connectivity index (χ2v) is 3.73. The molecule has 0 saturated heterocycles. The highest BCUT2D eigenvalue weighted by molar-refractivity contribution is 7.10. The molecule has 4 heteroatoms. The largest absolute Gasteiger partial charge is 0.407 e. The molecule has 2 aromatic heterocycles. The van der Waals surface area contributed by atoms with Crippen LogP contribution in [0.15, 0.2) is 41.9 Å². The molecule has 0 N–H and O–H groups in total. The van der Waals surface area contributed by atoms with Crippen LogP contribution in [0.25, 0.3) is 0 Å². The van der Waals surface area contributed by atoms with Gasteiger partial charge in [0.2, 0.25) is 5.88 Å². The number of thiophene rings is 1. The highest BCUT2D eigenvalue weighted by Gasteiger charge is 2.07. The first-order chi connectivity index (χ1) is 7.77. The van der Waals surface area contributed by atoms with E-state index < -0.39 is 12.4 Å². The number of hydrogen-bond acceptors (Lipinski definition) is 4. The Morgan fingerprint density at radius 3 is 3.07 bits per heavy atom. The fraction of sp³-hybridized carbons (Fsp3) is 0.0909. The average molecular weight is 220 g/mol. The number of nitrogens with zero attached hydrogens (tertiary/aromatic N) is 1. The standard InChI is InChI=1S/C11H9NO2S/c13-11(8-9-4-3-7-15-9)14-10-5-1-2-6-12-10/h1-7H,8H2/i8D. The van der Waals surface area contributed by atoms with E-state index in [0.29, 0.717) is 4.88 Å². The molecule has 1 unspecified atom stereocenters. The molecule has 0 aromatic carbocycles. The Kier molecular flexibility index (Phi) is 2.70. The van der Waals surface area contributed by atoms with E-state index in [-0.39, 0.29) is 5.88 Å². The van der Waals surface area contributed by atoms with Crippen LogP contribution in [0.1, 0.15) is 6.25 Å². The molecule has 1 atom stereocenters. The Balaban J connectivity index is 2.04. The quantitative estimate of drug-likeness (QED) is 0.745. The fourth-order valence-electron chi connectivity index (χ4n) is 1.03. The monoisotopic (exact) mass is 220 g/mol. The number of pyridine rings is 1. The summed E-state index contributed by atoms with van der Waals surface area (Å²) in [6.07, 6.45) is 0.536. The molecule has 2 heterocycles. The zero-order valence-corrected chi connectivity index (χ0v) is 8.61. The van der Waals surface area contributed by atoms with Crippen molar-refractivity contribution < 1.29 is 10.9 Å². The number of carbonyl (C=O) groups excluding carboxylic acids is 1. The van der Waals surface area contributed by atoms with Crippen molar-refractivity contribution in [2.75, 3.05) is 0 Å². The molecule has 0 aliphatic rings. The first-order valence-corrected chi connectivity index (χ1v) is 5.24. The Morgan fingerprint density at radius 2 is 2.40 bits per heavy atom. The molecule has 15 heavy (non-hydrogen) atoms. The van der Waals surface area contributed by atoms with Gasteiger partial charge in [0.15, 0.2) is 0 Å². The second-order valence-electron chi connectivity index (χ2n) is 2.75. The highest BCUT2D eigenvalue weighted by Crippen LogP contribution is 2.11. The summed E-state index contributed by atoms with van der Waals surface area (Å²) in [4.78, 5) is 16.1. The van der Waals surface area contributed by atoms with E-state index in [1.165, 1.54) is 17.5 Å². The lowest BCUT2D eigenvalue weighted by Crippen LogP contribution is -2.10. The molecule has 76 valence electrons. The fourth-order valence-corrected chi connectivity index (χ4v) is 1.67. The molecule has 0 aliphatic heterocycles. The van der Waals surface area contributed by atoms with Crippen molar-refractivity contribution in [3.63, 3.8) is 0 Å². The van der Waals surface area contributed by atoms with Crippen LogP contribution in [0.5, 0.6) is 5.88 Å². The maximum absolute atomic E-state index is 11.6. The number of aromatic nitrogens is 1. The number of esters is 1. The van der Waals surface area contributed by atoms with Crippen LogP contribution >= 0.6 is 11.3 Å². The topological polar surface area (TPSA) is 39.2 Å². The van der Waals surface area contributed by atoms with Crippen molar-refractivity contribution >= 4 is 17.3 Å². The zero-order valence-electron chi connectivity index (χ0n) is 8.79. The summed E-state index contributed by atoms with van der Waals surface area (Å²) < 4.78 is 12.7. The maximum Gasteiger partial charge on any atom is 0.317 e. The minimum absolute atomic E-state index is 0.223. The van der Waals surface area contributed by atoms with Gasteiger partial charge in [-0.2, -0.15) is 0 Å². The zero-order chi connectivity index (χ0) is 11.4. The maximum atomic E-state index is 11.6. The molecule has 0 spiro atoms. The Bertz CT molecular complexity index is 458. The van der Waals surface area contributed by atoms with Crippen molar-refractivity contribution in [1.29, 1.82) is 0 Å². The molecular weight excluding hydrogens is 210 g/mol. The SMILES string of the molecule is [2H]C(C(=O)Oc1ccccn1)c1cccs1. The van der Waals surface area contributed by atoms with Crippen LogP contribution in [0.2, 0.25) is 0 Å². The van der Waals surface area contributed by atoms with Gasteiger partial charge in [-0.15, -0.1) is 11.3 Å². The third-order valence-electron chi connectivity index (χ3n) is 1.65. The number of hydrogen-bond donors (Lipinski definition) is 0. The van der Waals surface area contributed by atoms with Gasteiger partial charge in [0.25, 0.3) is 0 Å². The van der Waals surface area contributed by atoms with Crippen LogP contribution in [0, 0.1) is 0 Å². The summed E-state index contributed by atoms with van der Waals surface area (Å²) in [7, 11) is 0. The molecule has 0 amide bonds. The summed E-state index contributed by atoms with van der Waals surface area (Å²) in [5.74, 6) is -0.387. The van der Waals surface area contributed by atoms with E-state index in [4.69, 9.17) is 6.11 Å². The molecule has 0 fully saturated rings. The van der Waals surface area contributed by atoms with Gasteiger partial charge in [-0.05, 0) is 17.5 Å². The van der Waals surface area contributed by atoms with Crippen molar-refractivity contribution in [3.05, 3.63) is 46.8 Å². The predicted octanol–water partition coefficient (Wildman–Crippen LogP) is 2.29. The minimum Gasteiger partial charge on any atom is -0.407 e. The number of ether oxygens (including phenoxy) is 1. The molecule has 2 aromatic rings. The van der Waals surface area contributed by atoms with Crippen LogP contribution < -0.4 is 4.74 Å². The lowest BCUT2D eigenvalue weighted by atomic mass is 10.3. The summed E-state index contributed by atoms with van der Waals surface area (Å²) in [6.45, 7) is 0. The van der Waals surface area contributed by atoms with Gasteiger partial charge in [0.1, 0.15) is 0 Å². The summed E-state index contributed by atoms with van der Waals surface area (Å²) in [5, 5.41) is 1.82. The normalized spacial score (nSPS) is 12.9. The second kappa shape index (κ2) is 4.70.